The number of anilines is 1. The molecule has 2 aromatic rings. The van der Waals surface area contributed by atoms with Gasteiger partial charge in [-0.2, -0.15) is 0 Å². The second-order valence-electron chi connectivity index (χ2n) is 10.4. The summed E-state index contributed by atoms with van der Waals surface area (Å²) in [6.07, 6.45) is 9.14. The molecule has 1 saturated carbocycles. The Morgan fingerprint density at radius 3 is 2.43 bits per heavy atom. The number of para-hydroxylation sites is 1. The molecule has 198 valence electrons. The smallest absolute Gasteiger partial charge is 0.278 e. The van der Waals surface area contributed by atoms with Crippen molar-refractivity contribution in [1.29, 1.82) is 0 Å². The van der Waals surface area contributed by atoms with Crippen LogP contribution >= 0.6 is 0 Å². The first-order valence-electron chi connectivity index (χ1n) is 13.5. The Bertz CT molecular complexity index is 1090. The highest BCUT2D eigenvalue weighted by molar-refractivity contribution is 6.01. The fraction of sp³-hybridized carbons (Fsp3) is 0.536. The largest absolute Gasteiger partial charge is 0.339 e. The van der Waals surface area contributed by atoms with Gasteiger partial charge in [0.2, 0.25) is 11.8 Å². The van der Waals surface area contributed by atoms with Crippen molar-refractivity contribution in [1.82, 2.24) is 20.2 Å². The topological polar surface area (TPSA) is 121 Å². The van der Waals surface area contributed by atoms with E-state index in [0.717, 1.165) is 44.1 Å². The number of carbonyl (C=O) groups is 3. The number of carbonyl (C=O) groups excluding carboxylic acids is 3. The molecular formula is C28H39N6O3+. The molecule has 1 aromatic carbocycles. The lowest BCUT2D eigenvalue weighted by Gasteiger charge is -2.35. The van der Waals surface area contributed by atoms with E-state index < -0.39 is 12.1 Å². The number of quaternary nitrogens is 1. The van der Waals surface area contributed by atoms with Gasteiger partial charge in [-0.25, -0.2) is 9.97 Å². The van der Waals surface area contributed by atoms with Gasteiger partial charge >= 0.3 is 0 Å². The van der Waals surface area contributed by atoms with Crippen molar-refractivity contribution in [2.24, 2.45) is 11.8 Å². The number of likely N-dealkylation sites (tertiary alicyclic amines) is 1. The van der Waals surface area contributed by atoms with Gasteiger partial charge in [-0.1, -0.05) is 38.3 Å². The summed E-state index contributed by atoms with van der Waals surface area (Å²) in [5.41, 5.74) is 1.33. The Kier molecular flexibility index (Phi) is 8.87. The maximum atomic E-state index is 14.0. The molecule has 0 unspecified atom stereocenters. The third-order valence-corrected chi connectivity index (χ3v) is 7.84. The molecule has 4 atom stereocenters. The van der Waals surface area contributed by atoms with Crippen LogP contribution in [-0.4, -0.2) is 64.3 Å². The minimum absolute atomic E-state index is 0.00491. The van der Waals surface area contributed by atoms with Gasteiger partial charge in [0.1, 0.15) is 12.1 Å². The van der Waals surface area contributed by atoms with Crippen LogP contribution in [0.15, 0.2) is 42.7 Å². The van der Waals surface area contributed by atoms with Crippen LogP contribution in [0, 0.1) is 11.8 Å². The van der Waals surface area contributed by atoms with E-state index in [4.69, 9.17) is 0 Å². The van der Waals surface area contributed by atoms with Crippen molar-refractivity contribution in [3.63, 3.8) is 0 Å². The van der Waals surface area contributed by atoms with E-state index in [-0.39, 0.29) is 35.6 Å². The summed E-state index contributed by atoms with van der Waals surface area (Å²) in [7, 11) is 1.85. The molecule has 2 fully saturated rings. The zero-order valence-corrected chi connectivity index (χ0v) is 22.0. The lowest BCUT2D eigenvalue weighted by atomic mass is 9.83. The van der Waals surface area contributed by atoms with Crippen molar-refractivity contribution >= 4 is 23.4 Å². The number of rotatable bonds is 8. The maximum Gasteiger partial charge on any atom is 0.278 e. The summed E-state index contributed by atoms with van der Waals surface area (Å²) < 4.78 is 0. The number of aromatic nitrogens is 2. The van der Waals surface area contributed by atoms with Gasteiger partial charge in [0.05, 0.1) is 12.7 Å². The van der Waals surface area contributed by atoms with Gasteiger partial charge in [0.25, 0.3) is 5.91 Å². The van der Waals surface area contributed by atoms with E-state index >= 15 is 0 Å². The molecule has 9 nitrogen and oxygen atoms in total. The van der Waals surface area contributed by atoms with Crippen LogP contribution in [0.2, 0.25) is 0 Å². The van der Waals surface area contributed by atoms with E-state index in [1.807, 2.05) is 50.5 Å². The SMILES string of the molecule is C[NH2+][C@@H](C)C(=O)N[C@H](C(=O)N1CC[C@H](C)[C@H]1C(=O)Nc1ccccc1-c1ncccn1)C1CCCCC1. The number of hydrogen-bond donors (Lipinski definition) is 3. The van der Waals surface area contributed by atoms with Crippen LogP contribution in [-0.2, 0) is 14.4 Å². The first-order chi connectivity index (χ1) is 17.9. The Morgan fingerprint density at radius 2 is 1.73 bits per heavy atom. The molecule has 1 aliphatic carbocycles. The minimum Gasteiger partial charge on any atom is -0.339 e. The monoisotopic (exact) mass is 507 g/mol. The number of nitrogens with zero attached hydrogens (tertiary/aromatic N) is 3. The fourth-order valence-electron chi connectivity index (χ4n) is 5.49. The van der Waals surface area contributed by atoms with Gasteiger partial charge in [-0.3, -0.25) is 14.4 Å². The van der Waals surface area contributed by atoms with Crippen molar-refractivity contribution in [3.05, 3.63) is 42.7 Å². The van der Waals surface area contributed by atoms with Crippen LogP contribution in [0.25, 0.3) is 11.4 Å². The third kappa shape index (κ3) is 6.15. The summed E-state index contributed by atoms with van der Waals surface area (Å²) in [5, 5.41) is 7.94. The van der Waals surface area contributed by atoms with Gasteiger partial charge in [0.15, 0.2) is 11.9 Å². The molecule has 2 heterocycles. The van der Waals surface area contributed by atoms with Gasteiger partial charge in [-0.05, 0) is 56.2 Å². The zero-order valence-electron chi connectivity index (χ0n) is 22.0. The molecule has 1 aliphatic heterocycles. The minimum atomic E-state index is -0.615. The summed E-state index contributed by atoms with van der Waals surface area (Å²) in [6, 6.07) is 7.65. The molecular weight excluding hydrogens is 468 g/mol. The molecule has 2 aliphatic rings. The predicted molar refractivity (Wildman–Crippen MR) is 141 cm³/mol. The lowest BCUT2D eigenvalue weighted by molar-refractivity contribution is -0.646. The van der Waals surface area contributed by atoms with E-state index in [2.05, 4.69) is 20.6 Å². The average Bonchev–Trinajstić information content (AvgIpc) is 3.33. The molecule has 4 rings (SSSR count). The first kappa shape index (κ1) is 26.7. The highest BCUT2D eigenvalue weighted by Crippen LogP contribution is 2.32. The quantitative estimate of drug-likeness (QED) is 0.505. The molecule has 0 spiro atoms. The van der Waals surface area contributed by atoms with E-state index in [9.17, 15) is 14.4 Å². The van der Waals surface area contributed by atoms with Gasteiger partial charge in [-0.15, -0.1) is 0 Å². The van der Waals surface area contributed by atoms with Crippen molar-refractivity contribution in [2.75, 3.05) is 18.9 Å². The van der Waals surface area contributed by atoms with Crippen molar-refractivity contribution < 1.29 is 19.7 Å². The Balaban J connectivity index is 1.56. The highest BCUT2D eigenvalue weighted by atomic mass is 16.2. The standard InChI is InChI=1S/C28H38N6O3/c1-18-14-17-34(28(37)23(20-10-5-4-6-11-20)33-26(35)19(2)29-3)24(18)27(36)32-22-13-8-7-12-21(22)25-30-15-9-16-31-25/h7-9,12-13,15-16,18-20,23-24,29H,4-6,10-11,14,17H2,1-3H3,(H,32,36)(H,33,35)/p+1/t18-,19-,23-,24-/m0/s1. The van der Waals surface area contributed by atoms with E-state index in [1.54, 1.807) is 23.4 Å². The number of nitrogens with one attached hydrogen (secondary N) is 2. The summed E-state index contributed by atoms with van der Waals surface area (Å²) in [6.45, 7) is 4.34. The van der Waals surface area contributed by atoms with Crippen molar-refractivity contribution in [2.45, 2.75) is 70.5 Å². The summed E-state index contributed by atoms with van der Waals surface area (Å²) >= 11 is 0. The second-order valence-corrected chi connectivity index (χ2v) is 10.4. The van der Waals surface area contributed by atoms with E-state index in [0.29, 0.717) is 18.1 Å². The first-order valence-corrected chi connectivity index (χ1v) is 13.5. The van der Waals surface area contributed by atoms with E-state index in [1.165, 1.54) is 0 Å². The second kappa shape index (κ2) is 12.3. The van der Waals surface area contributed by atoms with Crippen LogP contribution in [0.1, 0.15) is 52.4 Å². The normalized spacial score (nSPS) is 21.8. The molecule has 1 aromatic heterocycles. The van der Waals surface area contributed by atoms with Crippen LogP contribution in [0.3, 0.4) is 0 Å². The molecule has 1 saturated heterocycles. The van der Waals surface area contributed by atoms with Crippen LogP contribution < -0.4 is 16.0 Å². The lowest BCUT2D eigenvalue weighted by Crippen LogP contribution is -2.88. The number of benzene rings is 1. The van der Waals surface area contributed by atoms with Crippen LogP contribution in [0.5, 0.6) is 0 Å². The van der Waals surface area contributed by atoms with Crippen LogP contribution in [0.4, 0.5) is 5.69 Å². The zero-order chi connectivity index (χ0) is 26.4. The van der Waals surface area contributed by atoms with Crippen molar-refractivity contribution in [3.8, 4) is 11.4 Å². The molecule has 37 heavy (non-hydrogen) atoms. The van der Waals surface area contributed by atoms with Gasteiger partial charge in [0, 0.05) is 24.5 Å². The molecule has 9 heteroatoms. The van der Waals surface area contributed by atoms with Gasteiger partial charge < -0.3 is 20.9 Å². The predicted octanol–water partition coefficient (Wildman–Crippen LogP) is 1.97. The average molecular weight is 508 g/mol. The number of nitrogens with two attached hydrogens (primary N) is 1. The molecule has 4 N–H and O–H groups in total. The Morgan fingerprint density at radius 1 is 1.03 bits per heavy atom. The molecule has 3 amide bonds. The third-order valence-electron chi connectivity index (χ3n) is 7.84. The number of amides is 3. The number of likely N-dealkylation sites (N-methyl/N-ethyl adjacent to an activating group) is 1. The highest BCUT2D eigenvalue weighted by Gasteiger charge is 2.44. The number of hydrogen-bond acceptors (Lipinski definition) is 5. The summed E-state index contributed by atoms with van der Waals surface area (Å²) in [5.74, 6) is 0.0853. The molecule has 0 bridgehead atoms. The Hall–Kier alpha value is -3.33. The Labute approximate surface area is 218 Å². The molecule has 0 radical (unpaired) electrons. The summed E-state index contributed by atoms with van der Waals surface area (Å²) in [4.78, 5) is 50.8. The fourth-order valence-corrected chi connectivity index (χ4v) is 5.49. The maximum absolute atomic E-state index is 14.0.